The summed E-state index contributed by atoms with van der Waals surface area (Å²) < 4.78 is 0. The molecule has 0 spiro atoms. The fourth-order valence-corrected chi connectivity index (χ4v) is 2.58. The van der Waals surface area contributed by atoms with Gasteiger partial charge >= 0.3 is 0 Å². The van der Waals surface area contributed by atoms with Crippen LogP contribution in [-0.4, -0.2) is 36.6 Å². The van der Waals surface area contributed by atoms with Crippen LogP contribution in [0.5, 0.6) is 0 Å². The number of hydrogen-bond donors (Lipinski definition) is 1. The van der Waals surface area contributed by atoms with Crippen molar-refractivity contribution in [2.75, 3.05) is 19.6 Å². The SMILES string of the molecule is CC1CN(CC2CCC2)C(C)CCN1. The molecule has 1 aliphatic heterocycles. The van der Waals surface area contributed by atoms with Gasteiger partial charge in [0, 0.05) is 25.2 Å². The zero-order valence-corrected chi connectivity index (χ0v) is 9.63. The van der Waals surface area contributed by atoms with Crippen LogP contribution in [-0.2, 0) is 0 Å². The van der Waals surface area contributed by atoms with Crippen molar-refractivity contribution in [1.82, 2.24) is 10.2 Å². The Kier molecular flexibility index (Phi) is 3.45. The van der Waals surface area contributed by atoms with Crippen molar-refractivity contribution in [1.29, 1.82) is 0 Å². The molecular weight excluding hydrogens is 172 g/mol. The quantitative estimate of drug-likeness (QED) is 0.725. The Morgan fingerprint density at radius 1 is 1.21 bits per heavy atom. The van der Waals surface area contributed by atoms with E-state index in [0.717, 1.165) is 12.0 Å². The Hall–Kier alpha value is -0.0800. The minimum Gasteiger partial charge on any atom is -0.313 e. The topological polar surface area (TPSA) is 15.3 Å². The van der Waals surface area contributed by atoms with Crippen LogP contribution in [0.25, 0.3) is 0 Å². The molecule has 2 heteroatoms. The van der Waals surface area contributed by atoms with Gasteiger partial charge < -0.3 is 5.32 Å². The second-order valence-electron chi connectivity index (χ2n) is 5.24. The maximum absolute atomic E-state index is 3.57. The van der Waals surface area contributed by atoms with Crippen LogP contribution in [0.2, 0.25) is 0 Å². The van der Waals surface area contributed by atoms with E-state index in [1.54, 1.807) is 0 Å². The van der Waals surface area contributed by atoms with Gasteiger partial charge in [-0.25, -0.2) is 0 Å². The molecule has 2 rings (SSSR count). The summed E-state index contributed by atoms with van der Waals surface area (Å²) in [5.41, 5.74) is 0. The highest BCUT2D eigenvalue weighted by Gasteiger charge is 2.25. The second kappa shape index (κ2) is 4.63. The Labute approximate surface area is 88.1 Å². The lowest BCUT2D eigenvalue weighted by atomic mass is 9.85. The summed E-state index contributed by atoms with van der Waals surface area (Å²) in [6, 6.07) is 1.47. The van der Waals surface area contributed by atoms with E-state index in [9.17, 15) is 0 Å². The molecule has 0 aromatic heterocycles. The maximum Gasteiger partial charge on any atom is 0.0166 e. The van der Waals surface area contributed by atoms with Gasteiger partial charge in [0.15, 0.2) is 0 Å². The Balaban J connectivity index is 1.85. The number of nitrogens with one attached hydrogen (secondary N) is 1. The normalized spacial score (nSPS) is 36.4. The fourth-order valence-electron chi connectivity index (χ4n) is 2.58. The van der Waals surface area contributed by atoms with Gasteiger partial charge in [-0.3, -0.25) is 4.90 Å². The van der Waals surface area contributed by atoms with Crippen molar-refractivity contribution >= 4 is 0 Å². The summed E-state index contributed by atoms with van der Waals surface area (Å²) in [6.45, 7) is 8.50. The molecule has 82 valence electrons. The van der Waals surface area contributed by atoms with Gasteiger partial charge in [0.2, 0.25) is 0 Å². The molecular formula is C12H24N2. The smallest absolute Gasteiger partial charge is 0.0166 e. The highest BCUT2D eigenvalue weighted by atomic mass is 15.2. The summed E-state index contributed by atoms with van der Waals surface area (Å²) in [6.07, 6.45) is 5.74. The lowest BCUT2D eigenvalue weighted by Gasteiger charge is -2.35. The summed E-state index contributed by atoms with van der Waals surface area (Å²) in [7, 11) is 0. The summed E-state index contributed by atoms with van der Waals surface area (Å²) >= 11 is 0. The lowest BCUT2D eigenvalue weighted by Crippen LogP contribution is -2.42. The molecule has 1 saturated heterocycles. The van der Waals surface area contributed by atoms with Crippen molar-refractivity contribution in [2.45, 2.75) is 51.6 Å². The molecule has 2 nitrogen and oxygen atoms in total. The number of rotatable bonds is 2. The van der Waals surface area contributed by atoms with Gasteiger partial charge in [0.25, 0.3) is 0 Å². The number of hydrogen-bond acceptors (Lipinski definition) is 2. The third-order valence-electron chi connectivity index (χ3n) is 3.90. The summed E-state index contributed by atoms with van der Waals surface area (Å²) in [5, 5.41) is 3.57. The van der Waals surface area contributed by atoms with Gasteiger partial charge in [-0.2, -0.15) is 0 Å². The minimum absolute atomic E-state index is 0.681. The average Bonchev–Trinajstić information content (AvgIpc) is 2.22. The van der Waals surface area contributed by atoms with Crippen molar-refractivity contribution < 1.29 is 0 Å². The summed E-state index contributed by atoms with van der Waals surface area (Å²) in [4.78, 5) is 2.70. The number of nitrogens with zero attached hydrogens (tertiary/aromatic N) is 1. The molecule has 1 aliphatic carbocycles. The van der Waals surface area contributed by atoms with E-state index in [2.05, 4.69) is 24.1 Å². The van der Waals surface area contributed by atoms with E-state index in [1.807, 2.05) is 0 Å². The zero-order chi connectivity index (χ0) is 9.97. The van der Waals surface area contributed by atoms with Crippen LogP contribution in [0.1, 0.15) is 39.5 Å². The van der Waals surface area contributed by atoms with E-state index < -0.39 is 0 Å². The first-order valence-electron chi connectivity index (χ1n) is 6.23. The van der Waals surface area contributed by atoms with Crippen LogP contribution in [0.3, 0.4) is 0 Å². The van der Waals surface area contributed by atoms with Crippen molar-refractivity contribution in [3.63, 3.8) is 0 Å². The van der Waals surface area contributed by atoms with Crippen LogP contribution in [0, 0.1) is 5.92 Å². The van der Waals surface area contributed by atoms with Crippen LogP contribution in [0.4, 0.5) is 0 Å². The Bertz CT molecular complexity index is 177. The van der Waals surface area contributed by atoms with Gasteiger partial charge in [0.05, 0.1) is 0 Å². The first-order valence-corrected chi connectivity index (χ1v) is 6.23. The third kappa shape index (κ3) is 2.48. The van der Waals surface area contributed by atoms with Crippen molar-refractivity contribution in [3.8, 4) is 0 Å². The van der Waals surface area contributed by atoms with Crippen LogP contribution >= 0.6 is 0 Å². The first kappa shape index (κ1) is 10.4. The molecule has 0 aromatic rings. The molecule has 2 atom stereocenters. The largest absolute Gasteiger partial charge is 0.313 e. The minimum atomic E-state index is 0.681. The molecule has 0 bridgehead atoms. The maximum atomic E-state index is 3.57. The lowest BCUT2D eigenvalue weighted by molar-refractivity contribution is 0.139. The van der Waals surface area contributed by atoms with Gasteiger partial charge in [-0.15, -0.1) is 0 Å². The molecule has 1 saturated carbocycles. The predicted octanol–water partition coefficient (Wildman–Crippen LogP) is 1.86. The fraction of sp³-hybridized carbons (Fsp3) is 1.00. The second-order valence-corrected chi connectivity index (χ2v) is 5.24. The molecule has 2 aliphatic rings. The van der Waals surface area contributed by atoms with E-state index in [0.29, 0.717) is 6.04 Å². The van der Waals surface area contributed by atoms with Crippen molar-refractivity contribution in [2.24, 2.45) is 5.92 Å². The standard InChI is InChI=1S/C12H24N2/c1-10-8-14(9-12-4-3-5-12)11(2)6-7-13-10/h10-13H,3-9H2,1-2H3. The average molecular weight is 196 g/mol. The molecule has 0 aromatic carbocycles. The molecule has 1 heterocycles. The zero-order valence-electron chi connectivity index (χ0n) is 9.63. The van der Waals surface area contributed by atoms with Gasteiger partial charge in [-0.1, -0.05) is 6.42 Å². The van der Waals surface area contributed by atoms with Gasteiger partial charge in [-0.05, 0) is 45.6 Å². The molecule has 1 N–H and O–H groups in total. The molecule has 2 unspecified atom stereocenters. The highest BCUT2D eigenvalue weighted by molar-refractivity contribution is 4.82. The van der Waals surface area contributed by atoms with E-state index in [4.69, 9.17) is 0 Å². The molecule has 14 heavy (non-hydrogen) atoms. The monoisotopic (exact) mass is 196 g/mol. The predicted molar refractivity (Wildman–Crippen MR) is 60.5 cm³/mol. The Morgan fingerprint density at radius 3 is 2.64 bits per heavy atom. The van der Waals surface area contributed by atoms with E-state index in [1.165, 1.54) is 45.3 Å². The third-order valence-corrected chi connectivity index (χ3v) is 3.90. The highest BCUT2D eigenvalue weighted by Crippen LogP contribution is 2.28. The van der Waals surface area contributed by atoms with Crippen molar-refractivity contribution in [3.05, 3.63) is 0 Å². The molecule has 0 amide bonds. The van der Waals surface area contributed by atoms with Crippen LogP contribution < -0.4 is 5.32 Å². The Morgan fingerprint density at radius 2 is 2.00 bits per heavy atom. The summed E-state index contributed by atoms with van der Waals surface area (Å²) in [5.74, 6) is 1.02. The van der Waals surface area contributed by atoms with E-state index in [-0.39, 0.29) is 0 Å². The van der Waals surface area contributed by atoms with E-state index >= 15 is 0 Å². The molecule has 0 radical (unpaired) electrons. The van der Waals surface area contributed by atoms with Crippen LogP contribution in [0.15, 0.2) is 0 Å². The first-order chi connectivity index (χ1) is 6.75. The van der Waals surface area contributed by atoms with Gasteiger partial charge in [0.1, 0.15) is 0 Å². The molecule has 2 fully saturated rings.